The highest BCUT2D eigenvalue weighted by atomic mass is 16.1. The molecule has 0 amide bonds. The molecule has 1 aromatic carbocycles. The minimum absolute atomic E-state index is 0.163. The van der Waals surface area contributed by atoms with Crippen molar-refractivity contribution in [2.24, 2.45) is 0 Å². The summed E-state index contributed by atoms with van der Waals surface area (Å²) in [6, 6.07) is 8.51. The van der Waals surface area contributed by atoms with Crippen LogP contribution in [0.25, 0.3) is 11.0 Å². The number of benzene rings is 1. The van der Waals surface area contributed by atoms with Crippen LogP contribution in [-0.2, 0) is 18.5 Å². The van der Waals surface area contributed by atoms with Crippen LogP contribution in [0.5, 0.6) is 0 Å². The molecule has 0 saturated carbocycles. The van der Waals surface area contributed by atoms with Crippen LogP contribution in [0.15, 0.2) is 35.3 Å². The van der Waals surface area contributed by atoms with Gasteiger partial charge in [-0.05, 0) is 38.3 Å². The van der Waals surface area contributed by atoms with E-state index in [0.717, 1.165) is 6.42 Å². The molecule has 1 N–H and O–H groups in total. The van der Waals surface area contributed by atoms with E-state index < -0.39 is 0 Å². The lowest BCUT2D eigenvalue weighted by molar-refractivity contribution is 0.366. The van der Waals surface area contributed by atoms with Crippen LogP contribution < -0.4 is 10.5 Å². The summed E-state index contributed by atoms with van der Waals surface area (Å²) in [5, 5.41) is 4.86. The van der Waals surface area contributed by atoms with Crippen molar-refractivity contribution in [1.82, 2.24) is 19.7 Å². The first-order chi connectivity index (χ1) is 11.8. The zero-order valence-electron chi connectivity index (χ0n) is 15.5. The topological polar surface area (TPSA) is 66.8 Å². The van der Waals surface area contributed by atoms with E-state index in [-0.39, 0.29) is 11.1 Å². The molecule has 0 fully saturated rings. The van der Waals surface area contributed by atoms with Gasteiger partial charge in [-0.15, -0.1) is 0 Å². The molecule has 0 aliphatic heterocycles. The molecule has 2 aromatic heterocycles. The largest absolute Gasteiger partial charge is 0.341 e. The van der Waals surface area contributed by atoms with Crippen molar-refractivity contribution in [3.8, 4) is 0 Å². The summed E-state index contributed by atoms with van der Waals surface area (Å²) in [5.41, 5.74) is 2.69. The Kier molecular flexibility index (Phi) is 4.37. The molecule has 0 unspecified atom stereocenters. The molecule has 6 heteroatoms. The van der Waals surface area contributed by atoms with Gasteiger partial charge in [0.1, 0.15) is 5.39 Å². The highest BCUT2D eigenvalue weighted by Gasteiger charge is 2.20. The van der Waals surface area contributed by atoms with Gasteiger partial charge in [-0.1, -0.05) is 31.2 Å². The Labute approximate surface area is 147 Å². The van der Waals surface area contributed by atoms with Crippen LogP contribution in [-0.4, -0.2) is 26.8 Å². The summed E-state index contributed by atoms with van der Waals surface area (Å²) >= 11 is 0. The number of aromatic nitrogens is 4. The fraction of sp³-hybridized carbons (Fsp3) is 0.421. The summed E-state index contributed by atoms with van der Waals surface area (Å²) in [6.45, 7) is 8.94. The summed E-state index contributed by atoms with van der Waals surface area (Å²) in [5.74, 6) is 0.545. The molecule has 0 spiro atoms. The minimum atomic E-state index is -0.242. The van der Waals surface area contributed by atoms with Crippen molar-refractivity contribution < 1.29 is 0 Å². The van der Waals surface area contributed by atoms with Crippen LogP contribution in [0.4, 0.5) is 5.95 Å². The van der Waals surface area contributed by atoms with E-state index in [2.05, 4.69) is 46.3 Å². The van der Waals surface area contributed by atoms with Crippen molar-refractivity contribution in [3.63, 3.8) is 0 Å². The second-order valence-electron chi connectivity index (χ2n) is 7.38. The Bertz CT molecular complexity index is 931. The fourth-order valence-corrected chi connectivity index (χ4v) is 2.81. The van der Waals surface area contributed by atoms with Gasteiger partial charge in [0.15, 0.2) is 5.65 Å². The Morgan fingerprint density at radius 1 is 1.16 bits per heavy atom. The molecular weight excluding hydrogens is 314 g/mol. The maximum Gasteiger partial charge on any atom is 0.263 e. The predicted octanol–water partition coefficient (Wildman–Crippen LogP) is 3.07. The van der Waals surface area contributed by atoms with Crippen molar-refractivity contribution in [3.05, 3.63) is 51.9 Å². The van der Waals surface area contributed by atoms with E-state index >= 15 is 0 Å². The maximum absolute atomic E-state index is 12.4. The first-order valence-corrected chi connectivity index (χ1v) is 8.57. The molecule has 3 rings (SSSR count). The van der Waals surface area contributed by atoms with Gasteiger partial charge < -0.3 is 4.90 Å². The quantitative estimate of drug-likeness (QED) is 0.793. The maximum atomic E-state index is 12.4. The average Bonchev–Trinajstić information content (AvgIpc) is 3.00. The fourth-order valence-electron chi connectivity index (χ4n) is 2.81. The zero-order valence-corrected chi connectivity index (χ0v) is 15.5. The molecule has 0 radical (unpaired) electrons. The Morgan fingerprint density at radius 2 is 1.80 bits per heavy atom. The standard InChI is InChI=1S/C19H25N5O/c1-6-13-7-9-14(10-8-13)12-23(5)18-21-16-15(17(25)22-18)11-20-24(16)19(2,3)4/h7-11H,6,12H2,1-5H3,(H,21,22,25). The number of hydrogen-bond donors (Lipinski definition) is 1. The molecule has 3 aromatic rings. The van der Waals surface area contributed by atoms with E-state index in [1.165, 1.54) is 11.1 Å². The van der Waals surface area contributed by atoms with Crippen LogP contribution in [0.2, 0.25) is 0 Å². The Balaban J connectivity index is 1.95. The van der Waals surface area contributed by atoms with Gasteiger partial charge in [-0.2, -0.15) is 10.1 Å². The Hall–Kier alpha value is -2.63. The van der Waals surface area contributed by atoms with E-state index in [9.17, 15) is 4.79 Å². The number of nitrogens with zero attached hydrogens (tertiary/aromatic N) is 4. The van der Waals surface area contributed by atoms with E-state index in [4.69, 9.17) is 0 Å². The molecule has 2 heterocycles. The van der Waals surface area contributed by atoms with Crippen LogP contribution in [0.3, 0.4) is 0 Å². The zero-order chi connectivity index (χ0) is 18.2. The van der Waals surface area contributed by atoms with Gasteiger partial charge in [0, 0.05) is 13.6 Å². The number of rotatable bonds is 4. The molecule has 6 nitrogen and oxygen atoms in total. The van der Waals surface area contributed by atoms with Crippen molar-refractivity contribution in [2.45, 2.75) is 46.2 Å². The molecule has 0 aliphatic rings. The van der Waals surface area contributed by atoms with Gasteiger partial charge in [0.25, 0.3) is 5.56 Å². The molecule has 0 aliphatic carbocycles. The highest BCUT2D eigenvalue weighted by Crippen LogP contribution is 2.20. The number of aromatic amines is 1. The van der Waals surface area contributed by atoms with Crippen LogP contribution in [0, 0.1) is 0 Å². The highest BCUT2D eigenvalue weighted by molar-refractivity contribution is 5.74. The van der Waals surface area contributed by atoms with Crippen molar-refractivity contribution >= 4 is 17.0 Å². The van der Waals surface area contributed by atoms with Crippen molar-refractivity contribution in [1.29, 1.82) is 0 Å². The van der Waals surface area contributed by atoms with Crippen LogP contribution >= 0.6 is 0 Å². The lowest BCUT2D eigenvalue weighted by atomic mass is 10.1. The van der Waals surface area contributed by atoms with Gasteiger partial charge >= 0.3 is 0 Å². The molecule has 132 valence electrons. The number of anilines is 1. The summed E-state index contributed by atoms with van der Waals surface area (Å²) in [4.78, 5) is 21.9. The SMILES string of the molecule is CCc1ccc(CN(C)c2nc3c(cnn3C(C)(C)C)c(=O)[nH]2)cc1. The lowest BCUT2D eigenvalue weighted by Crippen LogP contribution is -2.26. The number of hydrogen-bond acceptors (Lipinski definition) is 4. The predicted molar refractivity (Wildman–Crippen MR) is 101 cm³/mol. The summed E-state index contributed by atoms with van der Waals surface area (Å²) in [7, 11) is 1.93. The number of H-pyrrole nitrogens is 1. The van der Waals surface area contributed by atoms with Gasteiger partial charge in [0.2, 0.25) is 5.95 Å². The second kappa shape index (κ2) is 6.35. The summed E-state index contributed by atoms with van der Waals surface area (Å²) in [6.07, 6.45) is 2.61. The summed E-state index contributed by atoms with van der Waals surface area (Å²) < 4.78 is 1.80. The number of aryl methyl sites for hydroxylation is 1. The third-order valence-corrected chi connectivity index (χ3v) is 4.27. The third-order valence-electron chi connectivity index (χ3n) is 4.27. The molecule has 0 atom stereocenters. The monoisotopic (exact) mass is 339 g/mol. The van der Waals surface area contributed by atoms with Gasteiger partial charge in [-0.25, -0.2) is 4.68 Å². The van der Waals surface area contributed by atoms with Gasteiger partial charge in [-0.3, -0.25) is 9.78 Å². The minimum Gasteiger partial charge on any atom is -0.341 e. The molecule has 0 saturated heterocycles. The van der Waals surface area contributed by atoms with Gasteiger partial charge in [0.05, 0.1) is 11.7 Å². The normalized spacial score (nSPS) is 11.9. The molecule has 25 heavy (non-hydrogen) atoms. The van der Waals surface area contributed by atoms with E-state index in [1.807, 2.05) is 32.7 Å². The third kappa shape index (κ3) is 3.43. The molecular formula is C19H25N5O. The van der Waals surface area contributed by atoms with Crippen molar-refractivity contribution in [2.75, 3.05) is 11.9 Å². The number of fused-ring (bicyclic) bond motifs is 1. The average molecular weight is 339 g/mol. The smallest absolute Gasteiger partial charge is 0.263 e. The Morgan fingerprint density at radius 3 is 2.40 bits per heavy atom. The van der Waals surface area contributed by atoms with E-state index in [1.54, 1.807) is 10.9 Å². The first kappa shape index (κ1) is 17.2. The number of nitrogens with one attached hydrogen (secondary N) is 1. The first-order valence-electron chi connectivity index (χ1n) is 8.57. The second-order valence-corrected chi connectivity index (χ2v) is 7.38. The van der Waals surface area contributed by atoms with Crippen LogP contribution in [0.1, 0.15) is 38.8 Å². The molecule has 0 bridgehead atoms. The lowest BCUT2D eigenvalue weighted by Gasteiger charge is -2.21. The van der Waals surface area contributed by atoms with E-state index in [0.29, 0.717) is 23.5 Å².